The summed E-state index contributed by atoms with van der Waals surface area (Å²) >= 11 is 0. The van der Waals surface area contributed by atoms with Crippen LogP contribution >= 0.6 is 0 Å². The number of benzene rings is 1. The van der Waals surface area contributed by atoms with Crippen molar-refractivity contribution >= 4 is 35.5 Å². The number of hydrogen-bond acceptors (Lipinski definition) is 7. The summed E-state index contributed by atoms with van der Waals surface area (Å²) in [5.74, 6) is -4.03. The van der Waals surface area contributed by atoms with Gasteiger partial charge < -0.3 is 31.3 Å². The molecule has 0 aliphatic carbocycles. The van der Waals surface area contributed by atoms with Crippen molar-refractivity contribution < 1.29 is 33.5 Å². The summed E-state index contributed by atoms with van der Waals surface area (Å²) in [5, 5.41) is 13.4. The van der Waals surface area contributed by atoms with Crippen LogP contribution in [0.2, 0.25) is 0 Å². The SMILES string of the molecule is CCCCC(C)C1CC(=O)NCC(=O)NC(C(C)C)C(=O)N[C@H](CC(C)C)C(=O)N[C@@H](C)C(=O)NC(Cc2ccccc2)C(=O)O1. The van der Waals surface area contributed by atoms with Crippen LogP contribution in [0.1, 0.15) is 86.1 Å². The molecule has 12 nitrogen and oxygen atoms in total. The van der Waals surface area contributed by atoms with Gasteiger partial charge in [0.05, 0.1) is 13.0 Å². The summed E-state index contributed by atoms with van der Waals surface area (Å²) in [4.78, 5) is 79.6. The molecule has 1 aliphatic heterocycles. The first kappa shape index (κ1) is 38.2. The lowest BCUT2D eigenvalue weighted by molar-refractivity contribution is -0.157. The van der Waals surface area contributed by atoms with Gasteiger partial charge in [-0.3, -0.25) is 24.0 Å². The highest BCUT2D eigenvalue weighted by Gasteiger charge is 2.34. The number of nitrogens with one attached hydrogen (secondary N) is 5. The minimum absolute atomic E-state index is 0.0155. The average molecular weight is 644 g/mol. The van der Waals surface area contributed by atoms with Crippen LogP contribution in [0.3, 0.4) is 0 Å². The summed E-state index contributed by atoms with van der Waals surface area (Å²) in [5.41, 5.74) is 0.776. The van der Waals surface area contributed by atoms with Gasteiger partial charge in [0, 0.05) is 6.42 Å². The number of ether oxygens (including phenoxy) is 1. The third-order valence-electron chi connectivity index (χ3n) is 7.99. The number of carbonyl (C=O) groups excluding carboxylic acids is 6. The number of amides is 5. The Hall–Kier alpha value is -3.96. The Labute approximate surface area is 272 Å². The van der Waals surface area contributed by atoms with E-state index in [1.54, 1.807) is 13.8 Å². The van der Waals surface area contributed by atoms with Crippen LogP contribution in [0.5, 0.6) is 0 Å². The summed E-state index contributed by atoms with van der Waals surface area (Å²) in [6, 6.07) is 4.99. The highest BCUT2D eigenvalue weighted by molar-refractivity contribution is 5.95. The molecule has 46 heavy (non-hydrogen) atoms. The number of carbonyl (C=O) groups is 6. The second-order valence-corrected chi connectivity index (χ2v) is 13.0. The van der Waals surface area contributed by atoms with Gasteiger partial charge in [0.25, 0.3) is 0 Å². The molecule has 5 N–H and O–H groups in total. The number of esters is 1. The Morgan fingerprint density at radius 3 is 2.07 bits per heavy atom. The molecule has 5 amide bonds. The van der Waals surface area contributed by atoms with Crippen LogP contribution in [0.15, 0.2) is 30.3 Å². The van der Waals surface area contributed by atoms with Crippen LogP contribution in [0, 0.1) is 17.8 Å². The maximum atomic E-state index is 13.7. The third-order valence-corrected chi connectivity index (χ3v) is 7.99. The largest absolute Gasteiger partial charge is 0.460 e. The molecule has 256 valence electrons. The summed E-state index contributed by atoms with van der Waals surface area (Å²) in [6.45, 7) is 12.3. The van der Waals surface area contributed by atoms with Crippen molar-refractivity contribution in [1.29, 1.82) is 0 Å². The van der Waals surface area contributed by atoms with Crippen molar-refractivity contribution in [3.05, 3.63) is 35.9 Å². The van der Waals surface area contributed by atoms with E-state index in [1.807, 2.05) is 58.0 Å². The molecular weight excluding hydrogens is 590 g/mol. The van der Waals surface area contributed by atoms with Crippen molar-refractivity contribution in [2.75, 3.05) is 6.54 Å². The highest BCUT2D eigenvalue weighted by atomic mass is 16.5. The molecule has 4 unspecified atom stereocenters. The van der Waals surface area contributed by atoms with Crippen molar-refractivity contribution in [1.82, 2.24) is 26.6 Å². The molecule has 0 aromatic heterocycles. The van der Waals surface area contributed by atoms with Crippen LogP contribution in [-0.2, 0) is 39.9 Å². The molecule has 0 saturated carbocycles. The molecule has 0 spiro atoms. The second-order valence-electron chi connectivity index (χ2n) is 13.0. The van der Waals surface area contributed by atoms with Gasteiger partial charge in [0.1, 0.15) is 30.3 Å². The van der Waals surface area contributed by atoms with Gasteiger partial charge in [-0.05, 0) is 43.1 Å². The fourth-order valence-corrected chi connectivity index (χ4v) is 5.18. The van der Waals surface area contributed by atoms with Crippen LogP contribution in [-0.4, -0.2) is 72.3 Å². The molecule has 1 fully saturated rings. The molecule has 1 saturated heterocycles. The Balaban J connectivity index is 2.47. The first-order valence-electron chi connectivity index (χ1n) is 16.4. The molecule has 1 aromatic rings. The predicted molar refractivity (Wildman–Crippen MR) is 174 cm³/mol. The van der Waals surface area contributed by atoms with E-state index in [4.69, 9.17) is 4.74 Å². The number of unbranched alkanes of at least 4 members (excludes halogenated alkanes) is 1. The lowest BCUT2D eigenvalue weighted by atomic mass is 9.95. The van der Waals surface area contributed by atoms with E-state index in [0.717, 1.165) is 18.4 Å². The van der Waals surface area contributed by atoms with Gasteiger partial charge in [0.2, 0.25) is 29.5 Å². The molecule has 0 radical (unpaired) electrons. The second kappa shape index (κ2) is 18.9. The van der Waals surface area contributed by atoms with Gasteiger partial charge in [-0.2, -0.15) is 0 Å². The minimum atomic E-state index is -1.11. The third kappa shape index (κ3) is 12.8. The topological polar surface area (TPSA) is 172 Å². The Bertz CT molecular complexity index is 1190. The smallest absolute Gasteiger partial charge is 0.329 e. The fraction of sp³-hybridized carbons (Fsp3) is 0.647. The maximum Gasteiger partial charge on any atom is 0.329 e. The molecule has 6 atom stereocenters. The van der Waals surface area contributed by atoms with Gasteiger partial charge >= 0.3 is 5.97 Å². The Kier molecular flexibility index (Phi) is 15.7. The summed E-state index contributed by atoms with van der Waals surface area (Å²) in [7, 11) is 0. The maximum absolute atomic E-state index is 13.7. The van der Waals surface area contributed by atoms with E-state index >= 15 is 0 Å². The van der Waals surface area contributed by atoms with Gasteiger partial charge in [-0.15, -0.1) is 0 Å². The quantitative estimate of drug-likeness (QED) is 0.257. The zero-order valence-electron chi connectivity index (χ0n) is 28.3. The predicted octanol–water partition coefficient (Wildman–Crippen LogP) is 2.15. The van der Waals surface area contributed by atoms with Crippen molar-refractivity contribution in [2.24, 2.45) is 17.8 Å². The number of rotatable bonds is 9. The highest BCUT2D eigenvalue weighted by Crippen LogP contribution is 2.20. The van der Waals surface area contributed by atoms with Gasteiger partial charge in [-0.1, -0.05) is 84.7 Å². The molecule has 1 aliphatic rings. The molecule has 12 heteroatoms. The van der Waals surface area contributed by atoms with E-state index in [9.17, 15) is 28.8 Å². The monoisotopic (exact) mass is 643 g/mol. The van der Waals surface area contributed by atoms with Crippen molar-refractivity contribution in [3.63, 3.8) is 0 Å². The van der Waals surface area contributed by atoms with E-state index in [2.05, 4.69) is 26.6 Å². The zero-order chi connectivity index (χ0) is 34.4. The minimum Gasteiger partial charge on any atom is -0.460 e. The van der Waals surface area contributed by atoms with E-state index in [1.165, 1.54) is 6.92 Å². The normalized spacial score (nSPS) is 25.2. The van der Waals surface area contributed by atoms with E-state index in [-0.39, 0.29) is 43.6 Å². The Morgan fingerprint density at radius 1 is 0.804 bits per heavy atom. The average Bonchev–Trinajstić information content (AvgIpc) is 2.99. The van der Waals surface area contributed by atoms with E-state index < -0.39 is 65.8 Å². The Morgan fingerprint density at radius 2 is 1.46 bits per heavy atom. The first-order chi connectivity index (χ1) is 21.7. The molecule has 0 bridgehead atoms. The molecule has 1 aromatic carbocycles. The van der Waals surface area contributed by atoms with Crippen molar-refractivity contribution in [2.45, 2.75) is 117 Å². The van der Waals surface area contributed by atoms with Gasteiger partial charge in [-0.25, -0.2) is 4.79 Å². The summed E-state index contributed by atoms with van der Waals surface area (Å²) < 4.78 is 5.93. The summed E-state index contributed by atoms with van der Waals surface area (Å²) in [6.07, 6.45) is 1.87. The molecule has 1 heterocycles. The standard InChI is InChI=1S/C34H53N5O7/c1-8-9-13-22(6)27-18-28(40)35-19-29(41)39-30(21(4)5)33(44)37-25(16-20(2)3)32(43)36-23(7)31(42)38-26(34(45)46-27)17-24-14-11-10-12-15-24/h10-12,14-15,20-23,25-27,30H,8-9,13,16-19H2,1-7H3,(H,35,40)(H,36,43)(H,37,44)(H,38,42)(H,39,41)/t22?,23-,25+,26?,27?,30?/m0/s1. The van der Waals surface area contributed by atoms with Crippen LogP contribution in [0.25, 0.3) is 0 Å². The van der Waals surface area contributed by atoms with Crippen molar-refractivity contribution in [3.8, 4) is 0 Å². The fourth-order valence-electron chi connectivity index (χ4n) is 5.18. The molecular formula is C34H53N5O7. The lowest BCUT2D eigenvalue weighted by Crippen LogP contribution is -2.58. The van der Waals surface area contributed by atoms with E-state index in [0.29, 0.717) is 6.42 Å². The van der Waals surface area contributed by atoms with Crippen LogP contribution < -0.4 is 26.6 Å². The zero-order valence-corrected chi connectivity index (χ0v) is 28.3. The molecule has 2 rings (SSSR count). The number of hydrogen-bond donors (Lipinski definition) is 5. The lowest BCUT2D eigenvalue weighted by Gasteiger charge is -2.28. The first-order valence-corrected chi connectivity index (χ1v) is 16.4. The van der Waals surface area contributed by atoms with Gasteiger partial charge in [0.15, 0.2) is 0 Å². The van der Waals surface area contributed by atoms with Crippen LogP contribution in [0.4, 0.5) is 0 Å². The number of cyclic esters (lactones) is 1.